The van der Waals surface area contributed by atoms with Gasteiger partial charge in [0, 0.05) is 18.3 Å². The second-order valence-corrected chi connectivity index (χ2v) is 5.42. The van der Waals surface area contributed by atoms with Crippen molar-refractivity contribution in [3.05, 3.63) is 63.1 Å². The molecule has 0 spiro atoms. The second kappa shape index (κ2) is 6.81. The Morgan fingerprint density at radius 1 is 0.955 bits per heavy atom. The average molecular weight is 337 g/mol. The van der Waals surface area contributed by atoms with Gasteiger partial charge >= 0.3 is 0 Å². The van der Waals surface area contributed by atoms with Crippen LogP contribution in [0.2, 0.25) is 10.0 Å². The van der Waals surface area contributed by atoms with Gasteiger partial charge < -0.3 is 10.6 Å². The van der Waals surface area contributed by atoms with Crippen LogP contribution in [0.25, 0.3) is 0 Å². The van der Waals surface area contributed by atoms with E-state index in [0.717, 1.165) is 0 Å². The Balaban J connectivity index is 2.35. The van der Waals surface area contributed by atoms with Gasteiger partial charge in [-0.2, -0.15) is 0 Å². The fourth-order valence-electron chi connectivity index (χ4n) is 2.05. The highest BCUT2D eigenvalue weighted by molar-refractivity contribution is 6.40. The highest BCUT2D eigenvalue weighted by Gasteiger charge is 2.17. The summed E-state index contributed by atoms with van der Waals surface area (Å²) in [5.74, 6) is -0.642. The third-order valence-electron chi connectivity index (χ3n) is 3.24. The third kappa shape index (κ3) is 3.24. The highest BCUT2D eigenvalue weighted by atomic mass is 35.5. The van der Waals surface area contributed by atoms with Crippen molar-refractivity contribution >= 4 is 40.7 Å². The van der Waals surface area contributed by atoms with Crippen molar-refractivity contribution in [3.63, 3.8) is 0 Å². The molecule has 0 saturated carbocycles. The van der Waals surface area contributed by atoms with E-state index in [9.17, 15) is 9.59 Å². The van der Waals surface area contributed by atoms with Crippen LogP contribution in [0.15, 0.2) is 36.4 Å². The summed E-state index contributed by atoms with van der Waals surface area (Å²) < 4.78 is 0. The standard InChI is InChI=1S/C16H14Cl2N2O2/c1-9-10(15(21)19-2)5-3-8-13(9)20-16(22)14-11(17)6-4-7-12(14)18/h3-8H,1-2H3,(H,19,21)(H,20,22). The van der Waals surface area contributed by atoms with Gasteiger partial charge in [0.2, 0.25) is 0 Å². The van der Waals surface area contributed by atoms with Crippen LogP contribution in [0.4, 0.5) is 5.69 Å². The summed E-state index contributed by atoms with van der Waals surface area (Å²) in [6, 6.07) is 9.95. The number of amides is 2. The molecule has 0 fully saturated rings. The summed E-state index contributed by atoms with van der Waals surface area (Å²) in [4.78, 5) is 24.2. The summed E-state index contributed by atoms with van der Waals surface area (Å²) >= 11 is 12.1. The Labute approximate surface area is 138 Å². The summed E-state index contributed by atoms with van der Waals surface area (Å²) in [6.07, 6.45) is 0. The molecule has 2 aromatic rings. The molecule has 6 heteroatoms. The molecule has 0 unspecified atom stereocenters. The van der Waals surface area contributed by atoms with Crippen molar-refractivity contribution in [1.29, 1.82) is 0 Å². The number of rotatable bonds is 3. The van der Waals surface area contributed by atoms with Gasteiger partial charge in [0.15, 0.2) is 0 Å². The van der Waals surface area contributed by atoms with Gasteiger partial charge in [-0.15, -0.1) is 0 Å². The lowest BCUT2D eigenvalue weighted by molar-refractivity contribution is 0.0960. The Morgan fingerprint density at radius 2 is 1.55 bits per heavy atom. The lowest BCUT2D eigenvalue weighted by Gasteiger charge is -2.13. The van der Waals surface area contributed by atoms with Crippen molar-refractivity contribution in [2.45, 2.75) is 6.92 Å². The number of hydrogen-bond acceptors (Lipinski definition) is 2. The predicted molar refractivity (Wildman–Crippen MR) is 89.0 cm³/mol. The van der Waals surface area contributed by atoms with Gasteiger partial charge in [0.05, 0.1) is 15.6 Å². The zero-order valence-electron chi connectivity index (χ0n) is 12.0. The number of nitrogens with one attached hydrogen (secondary N) is 2. The molecule has 2 rings (SSSR count). The summed E-state index contributed by atoms with van der Waals surface area (Å²) in [7, 11) is 1.55. The summed E-state index contributed by atoms with van der Waals surface area (Å²) in [5, 5.41) is 5.84. The van der Waals surface area contributed by atoms with Gasteiger partial charge in [0.25, 0.3) is 11.8 Å². The first-order chi connectivity index (χ1) is 10.5. The highest BCUT2D eigenvalue weighted by Crippen LogP contribution is 2.26. The van der Waals surface area contributed by atoms with Crippen molar-refractivity contribution in [3.8, 4) is 0 Å². The topological polar surface area (TPSA) is 58.2 Å². The number of benzene rings is 2. The number of carbonyl (C=O) groups is 2. The maximum Gasteiger partial charge on any atom is 0.258 e. The molecule has 2 aromatic carbocycles. The maximum absolute atomic E-state index is 12.4. The maximum atomic E-state index is 12.4. The third-order valence-corrected chi connectivity index (χ3v) is 3.87. The van der Waals surface area contributed by atoms with Gasteiger partial charge in [-0.3, -0.25) is 9.59 Å². The molecule has 0 atom stereocenters. The van der Waals surface area contributed by atoms with Crippen LogP contribution in [0.1, 0.15) is 26.3 Å². The van der Waals surface area contributed by atoms with E-state index in [4.69, 9.17) is 23.2 Å². The Morgan fingerprint density at radius 3 is 2.14 bits per heavy atom. The fraction of sp³-hybridized carbons (Fsp3) is 0.125. The number of halogens is 2. The molecule has 0 heterocycles. The van der Waals surface area contributed by atoms with E-state index in [2.05, 4.69) is 10.6 Å². The van der Waals surface area contributed by atoms with Crippen LogP contribution in [0.3, 0.4) is 0 Å². The van der Waals surface area contributed by atoms with E-state index in [1.54, 1.807) is 50.4 Å². The van der Waals surface area contributed by atoms with Crippen LogP contribution in [-0.2, 0) is 0 Å². The minimum Gasteiger partial charge on any atom is -0.355 e. The Bertz CT molecular complexity index is 725. The minimum atomic E-state index is -0.423. The molecule has 114 valence electrons. The minimum absolute atomic E-state index is 0.204. The van der Waals surface area contributed by atoms with Crippen LogP contribution >= 0.6 is 23.2 Å². The first-order valence-electron chi connectivity index (χ1n) is 6.52. The smallest absolute Gasteiger partial charge is 0.258 e. The van der Waals surface area contributed by atoms with E-state index in [1.165, 1.54) is 0 Å². The van der Waals surface area contributed by atoms with Crippen LogP contribution in [0, 0.1) is 6.92 Å². The molecule has 0 radical (unpaired) electrons. The molecule has 0 bridgehead atoms. The molecule has 22 heavy (non-hydrogen) atoms. The summed E-state index contributed by atoms with van der Waals surface area (Å²) in [5.41, 5.74) is 1.89. The van der Waals surface area contributed by atoms with Gasteiger partial charge in [-0.25, -0.2) is 0 Å². The SMILES string of the molecule is CNC(=O)c1cccc(NC(=O)c2c(Cl)cccc2Cl)c1C. The zero-order valence-corrected chi connectivity index (χ0v) is 13.5. The van der Waals surface area contributed by atoms with E-state index >= 15 is 0 Å². The summed E-state index contributed by atoms with van der Waals surface area (Å²) in [6.45, 7) is 1.76. The average Bonchev–Trinajstić information content (AvgIpc) is 2.48. The van der Waals surface area contributed by atoms with E-state index in [-0.39, 0.29) is 21.5 Å². The van der Waals surface area contributed by atoms with E-state index in [1.807, 2.05) is 0 Å². The van der Waals surface area contributed by atoms with E-state index < -0.39 is 5.91 Å². The molecule has 2 amide bonds. The van der Waals surface area contributed by atoms with Crippen LogP contribution < -0.4 is 10.6 Å². The molecular formula is C16H14Cl2N2O2. The quantitative estimate of drug-likeness (QED) is 0.892. The van der Waals surface area contributed by atoms with E-state index in [0.29, 0.717) is 16.8 Å². The van der Waals surface area contributed by atoms with Gasteiger partial charge in [-0.05, 0) is 36.8 Å². The molecule has 4 nitrogen and oxygen atoms in total. The fourth-order valence-corrected chi connectivity index (χ4v) is 2.62. The van der Waals surface area contributed by atoms with Gasteiger partial charge in [0.1, 0.15) is 0 Å². The van der Waals surface area contributed by atoms with Crippen molar-refractivity contribution in [2.24, 2.45) is 0 Å². The van der Waals surface area contributed by atoms with Crippen LogP contribution in [0.5, 0.6) is 0 Å². The second-order valence-electron chi connectivity index (χ2n) is 4.61. The molecular weight excluding hydrogens is 323 g/mol. The number of carbonyl (C=O) groups excluding carboxylic acids is 2. The van der Waals surface area contributed by atoms with Gasteiger partial charge in [-0.1, -0.05) is 35.3 Å². The molecule has 0 aliphatic heterocycles. The number of anilines is 1. The number of hydrogen-bond donors (Lipinski definition) is 2. The molecule has 0 aliphatic carbocycles. The Kier molecular flexibility index (Phi) is 5.06. The molecule has 0 saturated heterocycles. The predicted octanol–water partition coefficient (Wildman–Crippen LogP) is 3.91. The lowest BCUT2D eigenvalue weighted by Crippen LogP contribution is -2.20. The monoisotopic (exact) mass is 336 g/mol. The van der Waals surface area contributed by atoms with Crippen molar-refractivity contribution < 1.29 is 9.59 Å². The normalized spacial score (nSPS) is 10.2. The largest absolute Gasteiger partial charge is 0.355 e. The first-order valence-corrected chi connectivity index (χ1v) is 7.28. The van der Waals surface area contributed by atoms with Crippen LogP contribution in [-0.4, -0.2) is 18.9 Å². The van der Waals surface area contributed by atoms with Crippen molar-refractivity contribution in [1.82, 2.24) is 5.32 Å². The molecule has 0 aliphatic rings. The Hall–Kier alpha value is -2.04. The lowest BCUT2D eigenvalue weighted by atomic mass is 10.1. The van der Waals surface area contributed by atoms with Crippen molar-refractivity contribution in [2.75, 3.05) is 12.4 Å². The molecule has 0 aromatic heterocycles. The first kappa shape index (κ1) is 16.3. The molecule has 2 N–H and O–H groups in total. The zero-order chi connectivity index (χ0) is 16.3.